The molecular formula is C14H19N3O4. The molecule has 0 unspecified atom stereocenters. The number of nitrogens with zero attached hydrogens (tertiary/aromatic N) is 1. The van der Waals surface area contributed by atoms with Gasteiger partial charge in [-0.25, -0.2) is 0 Å². The fourth-order valence-electron chi connectivity index (χ4n) is 2.41. The molecule has 21 heavy (non-hydrogen) atoms. The van der Waals surface area contributed by atoms with E-state index in [1.54, 1.807) is 18.2 Å². The minimum Gasteiger partial charge on any atom is -0.364 e. The molecule has 1 aliphatic rings. The normalized spacial score (nSPS) is 21.2. The Bertz CT molecular complexity index is 521. The van der Waals surface area contributed by atoms with Crippen LogP contribution in [0, 0.1) is 10.1 Å². The molecular weight excluding hydrogens is 274 g/mol. The molecule has 1 aliphatic heterocycles. The first-order valence-electron chi connectivity index (χ1n) is 6.97. The highest BCUT2D eigenvalue weighted by Gasteiger charge is 2.29. The van der Waals surface area contributed by atoms with E-state index < -0.39 is 11.0 Å². The lowest BCUT2D eigenvalue weighted by Gasteiger charge is -2.12. The average Bonchev–Trinajstić information content (AvgIpc) is 2.96. The molecule has 2 atom stereocenters. The van der Waals surface area contributed by atoms with Crippen LogP contribution in [0.5, 0.6) is 0 Å². The molecule has 1 amide bonds. The molecule has 0 radical (unpaired) electrons. The van der Waals surface area contributed by atoms with Gasteiger partial charge in [0.1, 0.15) is 6.10 Å². The standard InChI is InChI=1S/C14H19N3O4/c15-9-11-5-6-13(21-11)14(18)16-8-7-10-3-1-2-4-12(10)17(19)20/h1-4,11,13H,5-9,15H2,(H,16,18)/t11-,13+/m1/s1. The van der Waals surface area contributed by atoms with Crippen LogP contribution in [0.2, 0.25) is 0 Å². The zero-order chi connectivity index (χ0) is 15.2. The van der Waals surface area contributed by atoms with Gasteiger partial charge in [-0.05, 0) is 19.3 Å². The number of nitro benzene ring substituents is 1. The molecule has 0 aromatic heterocycles. The van der Waals surface area contributed by atoms with Crippen LogP contribution < -0.4 is 11.1 Å². The zero-order valence-electron chi connectivity index (χ0n) is 11.7. The third kappa shape index (κ3) is 3.99. The monoisotopic (exact) mass is 293 g/mol. The van der Waals surface area contributed by atoms with Crippen molar-refractivity contribution in [2.45, 2.75) is 31.5 Å². The highest BCUT2D eigenvalue weighted by molar-refractivity contribution is 5.81. The molecule has 1 saturated heterocycles. The highest BCUT2D eigenvalue weighted by Crippen LogP contribution is 2.19. The number of amides is 1. The molecule has 1 aromatic carbocycles. The molecule has 1 aromatic rings. The van der Waals surface area contributed by atoms with E-state index >= 15 is 0 Å². The summed E-state index contributed by atoms with van der Waals surface area (Å²) in [5.41, 5.74) is 6.18. The van der Waals surface area contributed by atoms with Crippen LogP contribution in [-0.4, -0.2) is 36.1 Å². The third-order valence-electron chi connectivity index (χ3n) is 3.54. The maximum absolute atomic E-state index is 11.9. The Kier molecular flexibility index (Phi) is 5.24. The molecule has 7 heteroatoms. The molecule has 0 spiro atoms. The second-order valence-electron chi connectivity index (χ2n) is 4.99. The molecule has 7 nitrogen and oxygen atoms in total. The van der Waals surface area contributed by atoms with Gasteiger partial charge in [0, 0.05) is 24.7 Å². The van der Waals surface area contributed by atoms with Gasteiger partial charge in [0.15, 0.2) is 0 Å². The first-order chi connectivity index (χ1) is 10.1. The van der Waals surface area contributed by atoms with Crippen LogP contribution in [0.4, 0.5) is 5.69 Å². The molecule has 0 bridgehead atoms. The Morgan fingerprint density at radius 2 is 2.19 bits per heavy atom. The van der Waals surface area contributed by atoms with Crippen molar-refractivity contribution >= 4 is 11.6 Å². The summed E-state index contributed by atoms with van der Waals surface area (Å²) in [4.78, 5) is 22.4. The van der Waals surface area contributed by atoms with Crippen molar-refractivity contribution < 1.29 is 14.5 Å². The van der Waals surface area contributed by atoms with Gasteiger partial charge in [0.2, 0.25) is 5.91 Å². The summed E-state index contributed by atoms with van der Waals surface area (Å²) in [5.74, 6) is -0.176. The van der Waals surface area contributed by atoms with Crippen LogP contribution in [0.3, 0.4) is 0 Å². The minimum atomic E-state index is -0.454. The second-order valence-corrected chi connectivity index (χ2v) is 4.99. The van der Waals surface area contributed by atoms with Crippen LogP contribution >= 0.6 is 0 Å². The van der Waals surface area contributed by atoms with E-state index in [2.05, 4.69) is 5.32 Å². The summed E-state index contributed by atoms with van der Waals surface area (Å²) in [5, 5.41) is 13.6. The van der Waals surface area contributed by atoms with Gasteiger partial charge >= 0.3 is 0 Å². The lowest BCUT2D eigenvalue weighted by atomic mass is 10.1. The van der Waals surface area contributed by atoms with Gasteiger partial charge in [0.25, 0.3) is 5.69 Å². The number of carbonyl (C=O) groups excluding carboxylic acids is 1. The maximum Gasteiger partial charge on any atom is 0.272 e. The number of hydrogen-bond acceptors (Lipinski definition) is 5. The number of ether oxygens (including phenoxy) is 1. The van der Waals surface area contributed by atoms with Crippen molar-refractivity contribution in [1.29, 1.82) is 0 Å². The second kappa shape index (κ2) is 7.14. The SMILES string of the molecule is NC[C@H]1CC[C@@H](C(=O)NCCc2ccccc2[N+](=O)[O-])O1. The lowest BCUT2D eigenvalue weighted by molar-refractivity contribution is -0.385. The van der Waals surface area contributed by atoms with Crippen LogP contribution in [0.1, 0.15) is 18.4 Å². The average molecular weight is 293 g/mol. The predicted octanol–water partition coefficient (Wildman–Crippen LogP) is 0.760. The molecule has 0 saturated carbocycles. The smallest absolute Gasteiger partial charge is 0.272 e. The summed E-state index contributed by atoms with van der Waals surface area (Å²) in [6.07, 6.45) is 1.37. The number of carbonyl (C=O) groups is 1. The molecule has 2 rings (SSSR count). The zero-order valence-corrected chi connectivity index (χ0v) is 11.7. The maximum atomic E-state index is 11.9. The number of nitrogens with one attached hydrogen (secondary N) is 1. The van der Waals surface area contributed by atoms with Crippen molar-refractivity contribution in [2.75, 3.05) is 13.1 Å². The molecule has 3 N–H and O–H groups in total. The van der Waals surface area contributed by atoms with Gasteiger partial charge in [-0.15, -0.1) is 0 Å². The number of hydrogen-bond donors (Lipinski definition) is 2. The first kappa shape index (κ1) is 15.4. The molecule has 1 heterocycles. The summed E-state index contributed by atoms with van der Waals surface area (Å²) in [7, 11) is 0. The van der Waals surface area contributed by atoms with E-state index in [-0.39, 0.29) is 17.7 Å². The van der Waals surface area contributed by atoms with Gasteiger partial charge in [0.05, 0.1) is 11.0 Å². The number of nitro groups is 1. The largest absolute Gasteiger partial charge is 0.364 e. The fraction of sp³-hybridized carbons (Fsp3) is 0.500. The summed E-state index contributed by atoms with van der Waals surface area (Å²) >= 11 is 0. The van der Waals surface area contributed by atoms with E-state index in [1.807, 2.05) is 0 Å². The Labute approximate surface area is 122 Å². The lowest BCUT2D eigenvalue weighted by Crippen LogP contribution is -2.36. The summed E-state index contributed by atoms with van der Waals surface area (Å²) in [6.45, 7) is 0.761. The van der Waals surface area contributed by atoms with E-state index in [0.717, 1.165) is 6.42 Å². The summed E-state index contributed by atoms with van der Waals surface area (Å²) in [6, 6.07) is 6.53. The van der Waals surface area contributed by atoms with Crippen molar-refractivity contribution in [1.82, 2.24) is 5.32 Å². The molecule has 1 fully saturated rings. The van der Waals surface area contributed by atoms with E-state index in [4.69, 9.17) is 10.5 Å². The van der Waals surface area contributed by atoms with Crippen molar-refractivity contribution in [2.24, 2.45) is 5.73 Å². The van der Waals surface area contributed by atoms with E-state index in [0.29, 0.717) is 31.5 Å². The number of benzene rings is 1. The van der Waals surface area contributed by atoms with Gasteiger partial charge < -0.3 is 15.8 Å². The van der Waals surface area contributed by atoms with Gasteiger partial charge in [-0.1, -0.05) is 18.2 Å². The quantitative estimate of drug-likeness (QED) is 0.594. The number of nitrogens with two attached hydrogens (primary N) is 1. The topological polar surface area (TPSA) is 107 Å². The Morgan fingerprint density at radius 3 is 2.86 bits per heavy atom. The van der Waals surface area contributed by atoms with Crippen LogP contribution in [0.25, 0.3) is 0 Å². The van der Waals surface area contributed by atoms with Crippen LogP contribution in [0.15, 0.2) is 24.3 Å². The van der Waals surface area contributed by atoms with Gasteiger partial charge in [-0.3, -0.25) is 14.9 Å². The highest BCUT2D eigenvalue weighted by atomic mass is 16.6. The fourth-order valence-corrected chi connectivity index (χ4v) is 2.41. The van der Waals surface area contributed by atoms with Crippen molar-refractivity contribution in [3.05, 3.63) is 39.9 Å². The van der Waals surface area contributed by atoms with Gasteiger partial charge in [-0.2, -0.15) is 0 Å². The Balaban J connectivity index is 1.82. The van der Waals surface area contributed by atoms with E-state index in [9.17, 15) is 14.9 Å². The van der Waals surface area contributed by atoms with E-state index in [1.165, 1.54) is 6.07 Å². The predicted molar refractivity (Wildman–Crippen MR) is 76.8 cm³/mol. The Morgan fingerprint density at radius 1 is 1.43 bits per heavy atom. The molecule has 0 aliphatic carbocycles. The third-order valence-corrected chi connectivity index (χ3v) is 3.54. The minimum absolute atomic E-state index is 0.0454. The number of rotatable bonds is 6. The number of para-hydroxylation sites is 1. The van der Waals surface area contributed by atoms with Crippen molar-refractivity contribution in [3.8, 4) is 0 Å². The van der Waals surface area contributed by atoms with Crippen molar-refractivity contribution in [3.63, 3.8) is 0 Å². The summed E-state index contributed by atoms with van der Waals surface area (Å²) < 4.78 is 5.49. The molecule has 114 valence electrons. The Hall–Kier alpha value is -1.99. The van der Waals surface area contributed by atoms with Crippen LogP contribution in [-0.2, 0) is 16.0 Å². The first-order valence-corrected chi connectivity index (χ1v) is 6.97.